The van der Waals surface area contributed by atoms with Crippen LogP contribution in [0, 0.1) is 5.92 Å². The van der Waals surface area contributed by atoms with Crippen molar-refractivity contribution in [1.82, 2.24) is 4.90 Å². The van der Waals surface area contributed by atoms with E-state index in [1.54, 1.807) is 19.1 Å². The molecule has 1 unspecified atom stereocenters. The van der Waals surface area contributed by atoms with Gasteiger partial charge in [-0.1, -0.05) is 19.9 Å². The number of ether oxygens (including phenoxy) is 2. The molecular weight excluding hydrogens is 242 g/mol. The van der Waals surface area contributed by atoms with E-state index in [1.165, 1.54) is 0 Å². The molecule has 0 aromatic heterocycles. The standard InChI is InChI=1S/C15H29NO3/c1-11(2)13(9-12(3)10-18-8)16(7)14(17)19-15(4,5)6/h9,11,13H,10H2,1-8H3/b12-9+. The average molecular weight is 271 g/mol. The lowest BCUT2D eigenvalue weighted by molar-refractivity contribution is 0.0222. The summed E-state index contributed by atoms with van der Waals surface area (Å²) in [6.07, 6.45) is 1.77. The number of amides is 1. The predicted octanol–water partition coefficient (Wildman–Crippen LogP) is 3.47. The van der Waals surface area contributed by atoms with E-state index in [0.29, 0.717) is 12.5 Å². The molecule has 0 heterocycles. The van der Waals surface area contributed by atoms with Crippen LogP contribution >= 0.6 is 0 Å². The molecule has 0 aromatic carbocycles. The molecule has 112 valence electrons. The van der Waals surface area contributed by atoms with Crippen molar-refractivity contribution < 1.29 is 14.3 Å². The Balaban J connectivity index is 4.89. The molecule has 19 heavy (non-hydrogen) atoms. The van der Waals surface area contributed by atoms with Crippen molar-refractivity contribution in [1.29, 1.82) is 0 Å². The lowest BCUT2D eigenvalue weighted by Crippen LogP contribution is -2.42. The fourth-order valence-corrected chi connectivity index (χ4v) is 1.77. The highest BCUT2D eigenvalue weighted by Gasteiger charge is 2.26. The third-order valence-electron chi connectivity index (χ3n) is 2.64. The Morgan fingerprint density at radius 2 is 1.84 bits per heavy atom. The molecule has 0 spiro atoms. The highest BCUT2D eigenvalue weighted by Crippen LogP contribution is 2.17. The fraction of sp³-hybridized carbons (Fsp3) is 0.800. The van der Waals surface area contributed by atoms with Crippen LogP contribution < -0.4 is 0 Å². The van der Waals surface area contributed by atoms with E-state index in [9.17, 15) is 4.79 Å². The van der Waals surface area contributed by atoms with Gasteiger partial charge in [-0.2, -0.15) is 0 Å². The van der Waals surface area contributed by atoms with Gasteiger partial charge in [-0.15, -0.1) is 0 Å². The monoisotopic (exact) mass is 271 g/mol. The van der Waals surface area contributed by atoms with Crippen LogP contribution in [0.5, 0.6) is 0 Å². The molecule has 1 atom stereocenters. The minimum atomic E-state index is -0.474. The number of methoxy groups -OCH3 is 1. The van der Waals surface area contributed by atoms with Gasteiger partial charge >= 0.3 is 6.09 Å². The Bertz CT molecular complexity index is 316. The van der Waals surface area contributed by atoms with Crippen LogP contribution in [0.2, 0.25) is 0 Å². The first-order chi connectivity index (χ1) is 8.58. The maximum atomic E-state index is 12.1. The normalized spacial score (nSPS) is 14.5. The van der Waals surface area contributed by atoms with Crippen LogP contribution in [0.4, 0.5) is 4.79 Å². The third-order valence-corrected chi connectivity index (χ3v) is 2.64. The molecule has 0 saturated heterocycles. The molecule has 0 rings (SSSR count). The van der Waals surface area contributed by atoms with Crippen molar-refractivity contribution in [2.24, 2.45) is 5.92 Å². The summed E-state index contributed by atoms with van der Waals surface area (Å²) in [7, 11) is 3.44. The first kappa shape index (κ1) is 18.0. The van der Waals surface area contributed by atoms with Gasteiger partial charge in [-0.3, -0.25) is 0 Å². The molecule has 4 heteroatoms. The fourth-order valence-electron chi connectivity index (χ4n) is 1.77. The molecule has 0 saturated carbocycles. The second kappa shape index (κ2) is 7.53. The summed E-state index contributed by atoms with van der Waals surface area (Å²) in [6, 6.07) is 0.00463. The van der Waals surface area contributed by atoms with Gasteiger partial charge in [0, 0.05) is 14.2 Å². The van der Waals surface area contributed by atoms with Crippen LogP contribution in [-0.2, 0) is 9.47 Å². The average Bonchev–Trinajstić information content (AvgIpc) is 2.22. The zero-order chi connectivity index (χ0) is 15.2. The quantitative estimate of drug-likeness (QED) is 0.719. The first-order valence-corrected chi connectivity index (χ1v) is 6.70. The molecule has 0 N–H and O–H groups in total. The zero-order valence-corrected chi connectivity index (χ0v) is 13.6. The van der Waals surface area contributed by atoms with Gasteiger partial charge in [-0.05, 0) is 39.2 Å². The summed E-state index contributed by atoms with van der Waals surface area (Å²) in [5.41, 5.74) is 0.634. The summed E-state index contributed by atoms with van der Waals surface area (Å²) >= 11 is 0. The van der Waals surface area contributed by atoms with Crippen LogP contribution in [-0.4, -0.2) is 43.4 Å². The second-order valence-electron chi connectivity index (χ2n) is 6.27. The lowest BCUT2D eigenvalue weighted by Gasteiger charge is -2.31. The Morgan fingerprint density at radius 1 is 1.32 bits per heavy atom. The predicted molar refractivity (Wildman–Crippen MR) is 78.3 cm³/mol. The van der Waals surface area contributed by atoms with Crippen molar-refractivity contribution in [3.05, 3.63) is 11.6 Å². The third kappa shape index (κ3) is 7.21. The van der Waals surface area contributed by atoms with E-state index in [4.69, 9.17) is 9.47 Å². The zero-order valence-electron chi connectivity index (χ0n) is 13.6. The van der Waals surface area contributed by atoms with Gasteiger partial charge in [0.25, 0.3) is 0 Å². The number of rotatable bonds is 5. The number of hydrogen-bond acceptors (Lipinski definition) is 3. The molecule has 0 aliphatic rings. The van der Waals surface area contributed by atoms with Crippen LogP contribution in [0.3, 0.4) is 0 Å². The Labute approximate surface area is 117 Å². The first-order valence-electron chi connectivity index (χ1n) is 6.70. The molecule has 0 aliphatic heterocycles. The number of hydrogen-bond donors (Lipinski definition) is 0. The van der Waals surface area contributed by atoms with Gasteiger partial charge in [0.15, 0.2) is 0 Å². The molecule has 0 fully saturated rings. The van der Waals surface area contributed by atoms with E-state index >= 15 is 0 Å². The Hall–Kier alpha value is -1.03. The minimum absolute atomic E-state index is 0.00463. The van der Waals surface area contributed by atoms with E-state index in [-0.39, 0.29) is 12.1 Å². The van der Waals surface area contributed by atoms with Gasteiger partial charge in [0.2, 0.25) is 0 Å². The van der Waals surface area contributed by atoms with Gasteiger partial charge in [0.1, 0.15) is 5.60 Å². The van der Waals surface area contributed by atoms with Crippen molar-refractivity contribution in [3.8, 4) is 0 Å². The molecule has 0 bridgehead atoms. The SMILES string of the molecule is COC/C(C)=C/C(C(C)C)N(C)C(=O)OC(C)(C)C. The smallest absolute Gasteiger partial charge is 0.410 e. The topological polar surface area (TPSA) is 38.8 Å². The van der Waals surface area contributed by atoms with E-state index in [2.05, 4.69) is 19.9 Å². The maximum Gasteiger partial charge on any atom is 0.410 e. The molecule has 1 amide bonds. The van der Waals surface area contributed by atoms with Gasteiger partial charge in [-0.25, -0.2) is 4.79 Å². The molecular formula is C15H29NO3. The summed E-state index contributed by atoms with van der Waals surface area (Å²) in [6.45, 7) is 12.4. The highest BCUT2D eigenvalue weighted by molar-refractivity contribution is 5.68. The van der Waals surface area contributed by atoms with Crippen molar-refractivity contribution >= 4 is 6.09 Å². The van der Waals surface area contributed by atoms with Gasteiger partial charge in [0.05, 0.1) is 12.6 Å². The molecule has 0 aliphatic carbocycles. The van der Waals surface area contributed by atoms with Crippen LogP contribution in [0.25, 0.3) is 0 Å². The number of nitrogens with zero attached hydrogens (tertiary/aromatic N) is 1. The Morgan fingerprint density at radius 3 is 2.21 bits per heavy atom. The molecule has 0 radical (unpaired) electrons. The van der Waals surface area contributed by atoms with E-state index in [1.807, 2.05) is 27.7 Å². The Kier molecular flexibility index (Phi) is 7.12. The van der Waals surface area contributed by atoms with E-state index < -0.39 is 5.60 Å². The van der Waals surface area contributed by atoms with E-state index in [0.717, 1.165) is 5.57 Å². The maximum absolute atomic E-state index is 12.1. The van der Waals surface area contributed by atoms with Crippen LogP contribution in [0.1, 0.15) is 41.5 Å². The number of likely N-dealkylation sites (N-methyl/N-ethyl adjacent to an activating group) is 1. The van der Waals surface area contributed by atoms with Crippen molar-refractivity contribution in [2.45, 2.75) is 53.2 Å². The number of carbonyl (C=O) groups is 1. The minimum Gasteiger partial charge on any atom is -0.444 e. The van der Waals surface area contributed by atoms with Crippen LogP contribution in [0.15, 0.2) is 11.6 Å². The summed E-state index contributed by atoms with van der Waals surface area (Å²) < 4.78 is 10.5. The van der Waals surface area contributed by atoms with Crippen molar-refractivity contribution in [3.63, 3.8) is 0 Å². The summed E-state index contributed by atoms with van der Waals surface area (Å²) in [5.74, 6) is 0.310. The summed E-state index contributed by atoms with van der Waals surface area (Å²) in [4.78, 5) is 13.7. The highest BCUT2D eigenvalue weighted by atomic mass is 16.6. The summed E-state index contributed by atoms with van der Waals surface area (Å²) in [5, 5.41) is 0. The van der Waals surface area contributed by atoms with Gasteiger partial charge < -0.3 is 14.4 Å². The molecule has 4 nitrogen and oxygen atoms in total. The second-order valence-corrected chi connectivity index (χ2v) is 6.27. The molecule has 0 aromatic rings. The number of carbonyl (C=O) groups excluding carboxylic acids is 1. The van der Waals surface area contributed by atoms with Crippen molar-refractivity contribution in [2.75, 3.05) is 20.8 Å². The lowest BCUT2D eigenvalue weighted by atomic mass is 10.0. The largest absolute Gasteiger partial charge is 0.444 e.